The topological polar surface area (TPSA) is 96.4 Å². The van der Waals surface area contributed by atoms with Gasteiger partial charge in [0.15, 0.2) is 0 Å². The minimum atomic E-state index is -1.46. The molecule has 0 spiro atoms. The van der Waals surface area contributed by atoms with Crippen molar-refractivity contribution in [2.45, 2.75) is 45.5 Å². The molecular weight excluding hydrogens is 360 g/mol. The molecule has 0 saturated heterocycles. The van der Waals surface area contributed by atoms with E-state index in [1.54, 1.807) is 12.1 Å². The van der Waals surface area contributed by atoms with Gasteiger partial charge in [0, 0.05) is 18.1 Å². The number of nitro benzene ring substituents is 1. The molecule has 27 heavy (non-hydrogen) atoms. The number of benzene rings is 1. The maximum absolute atomic E-state index is 10.6. The Labute approximate surface area is 161 Å². The van der Waals surface area contributed by atoms with E-state index < -0.39 is 19.1 Å². The number of nitriles is 1. The number of ether oxygens (including phenoxy) is 1. The lowest BCUT2D eigenvalue weighted by molar-refractivity contribution is -0.384. The lowest BCUT2D eigenvalue weighted by Crippen LogP contribution is -2.23. The van der Waals surface area contributed by atoms with Gasteiger partial charge in [-0.25, -0.2) is 0 Å². The van der Waals surface area contributed by atoms with Crippen molar-refractivity contribution in [2.24, 2.45) is 5.92 Å². The Morgan fingerprint density at radius 3 is 2.48 bits per heavy atom. The van der Waals surface area contributed by atoms with Crippen LogP contribution in [0.4, 0.5) is 5.69 Å². The van der Waals surface area contributed by atoms with Crippen LogP contribution >= 0.6 is 0 Å². The van der Waals surface area contributed by atoms with Crippen LogP contribution in [0.2, 0.25) is 19.6 Å². The quantitative estimate of drug-likeness (QED) is 0.273. The van der Waals surface area contributed by atoms with Gasteiger partial charge in [-0.1, -0.05) is 50.0 Å². The molecular formula is C20H28N2O4Si. The van der Waals surface area contributed by atoms with Crippen molar-refractivity contribution < 1.29 is 14.8 Å². The average Bonchev–Trinajstić information content (AvgIpc) is 2.59. The smallest absolute Gasteiger partial charge is 0.269 e. The van der Waals surface area contributed by atoms with Gasteiger partial charge in [-0.3, -0.25) is 10.1 Å². The minimum absolute atomic E-state index is 0.0314. The molecule has 1 N–H and O–H groups in total. The van der Waals surface area contributed by atoms with Crippen molar-refractivity contribution in [3.05, 3.63) is 57.8 Å². The molecule has 0 aliphatic rings. The molecule has 0 aromatic heterocycles. The summed E-state index contributed by atoms with van der Waals surface area (Å²) in [5, 5.41) is 29.6. The summed E-state index contributed by atoms with van der Waals surface area (Å²) in [5.74, 6) is 0.498. The van der Waals surface area contributed by atoms with Crippen LogP contribution in [0, 0.1) is 27.4 Å². The molecule has 146 valence electrons. The zero-order valence-electron chi connectivity index (χ0n) is 16.4. The predicted octanol–water partition coefficient (Wildman–Crippen LogP) is 4.63. The summed E-state index contributed by atoms with van der Waals surface area (Å²) in [6, 6.07) is 7.99. The SMILES string of the molecule is C[C@H](/C(=C\[Si](C)(C)C)C/C=C/COc1ccc([N+](=O)[O-])cc1)[C@H](O)CC#N. The third kappa shape index (κ3) is 8.67. The molecule has 1 aromatic carbocycles. The Balaban J connectivity index is 2.65. The van der Waals surface area contributed by atoms with Crippen LogP contribution in [0.5, 0.6) is 5.75 Å². The van der Waals surface area contributed by atoms with Gasteiger partial charge in [-0.05, 0) is 18.6 Å². The van der Waals surface area contributed by atoms with Gasteiger partial charge in [0.25, 0.3) is 5.69 Å². The first-order valence-electron chi connectivity index (χ1n) is 8.93. The molecule has 2 atom stereocenters. The van der Waals surface area contributed by atoms with Crippen LogP contribution in [0.15, 0.2) is 47.7 Å². The number of rotatable bonds is 10. The zero-order valence-corrected chi connectivity index (χ0v) is 17.4. The van der Waals surface area contributed by atoms with E-state index in [2.05, 4.69) is 25.3 Å². The van der Waals surface area contributed by atoms with Crippen molar-refractivity contribution >= 4 is 13.8 Å². The minimum Gasteiger partial charge on any atom is -0.490 e. The molecule has 0 fully saturated rings. The molecule has 0 radical (unpaired) electrons. The summed E-state index contributed by atoms with van der Waals surface area (Å²) in [7, 11) is -1.46. The zero-order chi connectivity index (χ0) is 20.4. The van der Waals surface area contributed by atoms with E-state index in [0.717, 1.165) is 5.57 Å². The van der Waals surface area contributed by atoms with Crippen LogP contribution in [0.25, 0.3) is 0 Å². The van der Waals surface area contributed by atoms with Gasteiger partial charge in [0.05, 0.1) is 31.6 Å². The Morgan fingerprint density at radius 1 is 1.33 bits per heavy atom. The van der Waals surface area contributed by atoms with Gasteiger partial charge in [-0.2, -0.15) is 5.26 Å². The molecule has 0 heterocycles. The first-order valence-corrected chi connectivity index (χ1v) is 12.5. The van der Waals surface area contributed by atoms with Crippen LogP contribution in [-0.2, 0) is 0 Å². The molecule has 0 saturated carbocycles. The van der Waals surface area contributed by atoms with Gasteiger partial charge >= 0.3 is 0 Å². The Bertz CT molecular complexity index is 715. The highest BCUT2D eigenvalue weighted by atomic mass is 28.3. The van der Waals surface area contributed by atoms with Gasteiger partial charge in [0.1, 0.15) is 12.4 Å². The second kappa shape index (κ2) is 10.7. The van der Waals surface area contributed by atoms with Crippen LogP contribution in [-0.4, -0.2) is 30.8 Å². The normalized spacial score (nSPS) is 14.6. The molecule has 6 nitrogen and oxygen atoms in total. The Morgan fingerprint density at radius 2 is 1.96 bits per heavy atom. The lowest BCUT2D eigenvalue weighted by Gasteiger charge is -2.22. The highest BCUT2D eigenvalue weighted by Crippen LogP contribution is 2.24. The third-order valence-electron chi connectivity index (χ3n) is 3.99. The first kappa shape index (κ1) is 22.6. The monoisotopic (exact) mass is 388 g/mol. The van der Waals surface area contributed by atoms with Crippen LogP contribution < -0.4 is 4.74 Å². The van der Waals surface area contributed by atoms with Gasteiger partial charge in [-0.15, -0.1) is 0 Å². The molecule has 0 aliphatic carbocycles. The summed E-state index contributed by atoms with van der Waals surface area (Å²) in [5.41, 5.74) is 3.45. The van der Waals surface area contributed by atoms with E-state index >= 15 is 0 Å². The molecule has 1 aromatic rings. The van der Waals surface area contributed by atoms with Crippen LogP contribution in [0.1, 0.15) is 19.8 Å². The fourth-order valence-electron chi connectivity index (χ4n) is 2.55. The maximum atomic E-state index is 10.6. The second-order valence-electron chi connectivity index (χ2n) is 7.54. The van der Waals surface area contributed by atoms with E-state index in [1.807, 2.05) is 25.1 Å². The fourth-order valence-corrected chi connectivity index (χ4v) is 4.04. The van der Waals surface area contributed by atoms with E-state index in [9.17, 15) is 15.2 Å². The second-order valence-corrected chi connectivity index (χ2v) is 12.6. The fraction of sp³-hybridized carbons (Fsp3) is 0.450. The van der Waals surface area contributed by atoms with Crippen molar-refractivity contribution in [1.29, 1.82) is 5.26 Å². The number of aliphatic hydroxyl groups excluding tert-OH is 1. The molecule has 0 unspecified atom stereocenters. The summed E-state index contributed by atoms with van der Waals surface area (Å²) in [6.07, 6.45) is 4.03. The van der Waals surface area contributed by atoms with Crippen molar-refractivity contribution in [3.63, 3.8) is 0 Å². The summed E-state index contributed by atoms with van der Waals surface area (Å²) >= 11 is 0. The number of aliphatic hydroxyl groups is 1. The van der Waals surface area contributed by atoms with Crippen molar-refractivity contribution in [2.75, 3.05) is 6.61 Å². The lowest BCUT2D eigenvalue weighted by atomic mass is 9.92. The maximum Gasteiger partial charge on any atom is 0.269 e. The highest BCUT2D eigenvalue weighted by Gasteiger charge is 2.20. The van der Waals surface area contributed by atoms with Gasteiger partial charge in [0.2, 0.25) is 0 Å². The highest BCUT2D eigenvalue weighted by molar-refractivity contribution is 6.81. The largest absolute Gasteiger partial charge is 0.490 e. The van der Waals surface area contributed by atoms with Gasteiger partial charge < -0.3 is 9.84 Å². The third-order valence-corrected chi connectivity index (χ3v) is 5.23. The number of nitro groups is 1. The first-order chi connectivity index (χ1) is 12.6. The number of allylic oxidation sites excluding steroid dienone is 1. The summed E-state index contributed by atoms with van der Waals surface area (Å²) in [6.45, 7) is 9.01. The van der Waals surface area contributed by atoms with E-state index in [1.165, 1.54) is 12.1 Å². The molecule has 1 rings (SSSR count). The summed E-state index contributed by atoms with van der Waals surface area (Å²) in [4.78, 5) is 10.2. The Hall–Kier alpha value is -2.43. The molecule has 7 heteroatoms. The number of hydrogen-bond acceptors (Lipinski definition) is 5. The predicted molar refractivity (Wildman–Crippen MR) is 109 cm³/mol. The van der Waals surface area contributed by atoms with Crippen LogP contribution in [0.3, 0.4) is 0 Å². The van der Waals surface area contributed by atoms with E-state index in [-0.39, 0.29) is 18.0 Å². The summed E-state index contributed by atoms with van der Waals surface area (Å²) < 4.78 is 5.56. The molecule has 0 bridgehead atoms. The molecule has 0 aliphatic heterocycles. The van der Waals surface area contributed by atoms with E-state index in [0.29, 0.717) is 18.8 Å². The number of non-ortho nitro benzene ring substituents is 1. The molecule has 0 amide bonds. The Kier molecular flexibility index (Phi) is 8.92. The van der Waals surface area contributed by atoms with Crippen molar-refractivity contribution in [3.8, 4) is 11.8 Å². The van der Waals surface area contributed by atoms with Crippen molar-refractivity contribution in [1.82, 2.24) is 0 Å². The standard InChI is InChI=1S/C20H28N2O4Si/c1-16(20(23)12-13-21)17(15-27(2,3)4)7-5-6-14-26-19-10-8-18(9-11-19)22(24)25/h5-6,8-11,15-16,20,23H,7,12,14H2,1-4H3/b6-5+,17-15-/t16-,20-/m1/s1. The number of nitrogens with zero attached hydrogens (tertiary/aromatic N) is 2. The average molecular weight is 389 g/mol. The van der Waals surface area contributed by atoms with E-state index in [4.69, 9.17) is 10.00 Å². The number of hydrogen-bond donors (Lipinski definition) is 1.